The van der Waals surface area contributed by atoms with Crippen LogP contribution in [0.15, 0.2) is 27.4 Å². The molecule has 0 aliphatic rings. The average Bonchev–Trinajstić information content (AvgIpc) is 2.57. The highest BCUT2D eigenvalue weighted by molar-refractivity contribution is 7.16. The van der Waals surface area contributed by atoms with Crippen molar-refractivity contribution < 1.29 is 9.52 Å². The second kappa shape index (κ2) is 4.14. The molecule has 0 aliphatic heterocycles. The summed E-state index contributed by atoms with van der Waals surface area (Å²) in [5.74, 6) is 0. The van der Waals surface area contributed by atoms with E-state index in [4.69, 9.17) is 15.3 Å². The van der Waals surface area contributed by atoms with Gasteiger partial charge in [-0.2, -0.15) is 0 Å². The van der Waals surface area contributed by atoms with Crippen LogP contribution in [0, 0.1) is 0 Å². The zero-order valence-corrected chi connectivity index (χ0v) is 8.79. The third-order valence-electron chi connectivity index (χ3n) is 2.23. The first kappa shape index (κ1) is 10.4. The first-order valence-electron chi connectivity index (χ1n) is 4.61. The Morgan fingerprint density at radius 2 is 2.33 bits per heavy atom. The van der Waals surface area contributed by atoms with E-state index < -0.39 is 0 Å². The highest BCUT2D eigenvalue weighted by Gasteiger charge is 2.12. The summed E-state index contributed by atoms with van der Waals surface area (Å²) in [6, 6.07) is 5.13. The molecule has 4 nitrogen and oxygen atoms in total. The molecule has 1 heterocycles. The zero-order chi connectivity index (χ0) is 10.8. The summed E-state index contributed by atoms with van der Waals surface area (Å²) in [7, 11) is 0. The standard InChI is InChI=1S/C10H11NO3S/c11-7(4-5-12)6-2-1-3-8-9(6)15-10(13)14-8/h1-3,7,12H,4-5,11H2. The largest absolute Gasteiger partial charge is 0.414 e. The summed E-state index contributed by atoms with van der Waals surface area (Å²) < 4.78 is 5.76. The van der Waals surface area contributed by atoms with E-state index in [0.717, 1.165) is 21.6 Å². The Morgan fingerprint density at radius 1 is 1.53 bits per heavy atom. The van der Waals surface area contributed by atoms with Crippen LogP contribution >= 0.6 is 11.3 Å². The molecule has 0 fully saturated rings. The number of hydrogen-bond acceptors (Lipinski definition) is 5. The van der Waals surface area contributed by atoms with Crippen LogP contribution in [0.3, 0.4) is 0 Å². The topological polar surface area (TPSA) is 76.5 Å². The van der Waals surface area contributed by atoms with Crippen LogP contribution in [0.25, 0.3) is 10.3 Å². The molecule has 0 spiro atoms. The van der Waals surface area contributed by atoms with E-state index >= 15 is 0 Å². The number of aliphatic hydroxyl groups is 1. The third-order valence-corrected chi connectivity index (χ3v) is 3.12. The Balaban J connectivity index is 2.54. The maximum Gasteiger partial charge on any atom is 0.396 e. The molecule has 0 radical (unpaired) electrons. The van der Waals surface area contributed by atoms with E-state index in [1.807, 2.05) is 6.07 Å². The van der Waals surface area contributed by atoms with E-state index in [1.54, 1.807) is 12.1 Å². The lowest BCUT2D eigenvalue weighted by Crippen LogP contribution is -2.11. The van der Waals surface area contributed by atoms with Crippen molar-refractivity contribution in [1.29, 1.82) is 0 Å². The van der Waals surface area contributed by atoms with Crippen LogP contribution in [0.4, 0.5) is 0 Å². The van der Waals surface area contributed by atoms with Gasteiger partial charge in [0, 0.05) is 12.6 Å². The van der Waals surface area contributed by atoms with E-state index in [0.29, 0.717) is 12.0 Å². The summed E-state index contributed by atoms with van der Waals surface area (Å²) in [6.45, 7) is 0.0320. The number of nitrogens with two attached hydrogens (primary N) is 1. The van der Waals surface area contributed by atoms with Gasteiger partial charge in [-0.05, 0) is 18.1 Å². The SMILES string of the molecule is NC(CCO)c1cccc2oc(=O)sc12. The third kappa shape index (κ3) is 1.94. The fourth-order valence-electron chi connectivity index (χ4n) is 1.50. The molecule has 80 valence electrons. The fourth-order valence-corrected chi connectivity index (χ4v) is 2.35. The molecule has 0 saturated carbocycles. The predicted octanol–water partition coefficient (Wildman–Crippen LogP) is 1.24. The van der Waals surface area contributed by atoms with Crippen molar-refractivity contribution in [2.75, 3.05) is 6.61 Å². The molecule has 15 heavy (non-hydrogen) atoms. The monoisotopic (exact) mass is 225 g/mol. The van der Waals surface area contributed by atoms with Gasteiger partial charge in [0.05, 0.1) is 4.70 Å². The quantitative estimate of drug-likeness (QED) is 0.823. The Kier molecular flexibility index (Phi) is 2.86. The summed E-state index contributed by atoms with van der Waals surface area (Å²) in [5.41, 5.74) is 7.31. The maximum atomic E-state index is 11.1. The minimum absolute atomic E-state index is 0.0320. The van der Waals surface area contributed by atoms with Gasteiger partial charge in [0.15, 0.2) is 0 Å². The molecular formula is C10H11NO3S. The van der Waals surface area contributed by atoms with Crippen LogP contribution in [0.2, 0.25) is 0 Å². The lowest BCUT2D eigenvalue weighted by molar-refractivity contribution is 0.277. The molecule has 0 aliphatic carbocycles. The Labute approximate surface area is 89.9 Å². The molecular weight excluding hydrogens is 214 g/mol. The molecule has 1 unspecified atom stereocenters. The molecule has 1 aromatic heterocycles. The zero-order valence-electron chi connectivity index (χ0n) is 7.97. The van der Waals surface area contributed by atoms with Crippen molar-refractivity contribution in [3.05, 3.63) is 33.5 Å². The van der Waals surface area contributed by atoms with Crippen molar-refractivity contribution >= 4 is 21.6 Å². The average molecular weight is 225 g/mol. The first-order valence-corrected chi connectivity index (χ1v) is 5.43. The number of aliphatic hydroxyl groups excluding tert-OH is 1. The van der Waals surface area contributed by atoms with Crippen LogP contribution in [-0.4, -0.2) is 11.7 Å². The minimum atomic E-state index is -0.325. The van der Waals surface area contributed by atoms with E-state index in [2.05, 4.69) is 0 Å². The van der Waals surface area contributed by atoms with E-state index in [-0.39, 0.29) is 17.6 Å². The summed E-state index contributed by atoms with van der Waals surface area (Å²) in [4.78, 5) is 10.8. The lowest BCUT2D eigenvalue weighted by Gasteiger charge is -2.09. The van der Waals surface area contributed by atoms with Crippen LogP contribution in [-0.2, 0) is 0 Å². The molecule has 3 N–H and O–H groups in total. The normalized spacial score (nSPS) is 13.2. The molecule has 2 aromatic rings. The number of rotatable bonds is 3. The maximum absolute atomic E-state index is 11.1. The Hall–Kier alpha value is -1.17. The minimum Gasteiger partial charge on any atom is -0.414 e. The van der Waals surface area contributed by atoms with Crippen LogP contribution in [0.5, 0.6) is 0 Å². The van der Waals surface area contributed by atoms with Gasteiger partial charge >= 0.3 is 4.94 Å². The molecule has 1 atom stereocenters. The van der Waals surface area contributed by atoms with Gasteiger partial charge in [-0.1, -0.05) is 23.5 Å². The predicted molar refractivity (Wildman–Crippen MR) is 59.0 cm³/mol. The van der Waals surface area contributed by atoms with Gasteiger partial charge in [-0.25, -0.2) is 4.79 Å². The van der Waals surface area contributed by atoms with E-state index in [9.17, 15) is 4.79 Å². The molecule has 5 heteroatoms. The second-order valence-corrected chi connectivity index (χ2v) is 4.19. The summed E-state index contributed by atoms with van der Waals surface area (Å²) >= 11 is 1.05. The van der Waals surface area contributed by atoms with Crippen molar-refractivity contribution in [2.45, 2.75) is 12.5 Å². The van der Waals surface area contributed by atoms with Gasteiger partial charge in [0.25, 0.3) is 0 Å². The smallest absolute Gasteiger partial charge is 0.396 e. The van der Waals surface area contributed by atoms with Crippen molar-refractivity contribution in [2.24, 2.45) is 5.73 Å². The van der Waals surface area contributed by atoms with Crippen molar-refractivity contribution in [3.8, 4) is 0 Å². The fraction of sp³-hybridized carbons (Fsp3) is 0.300. The summed E-state index contributed by atoms with van der Waals surface area (Å²) in [6.07, 6.45) is 0.477. The van der Waals surface area contributed by atoms with Crippen LogP contribution in [0.1, 0.15) is 18.0 Å². The van der Waals surface area contributed by atoms with Gasteiger partial charge in [-0.15, -0.1) is 0 Å². The Morgan fingerprint density at radius 3 is 3.07 bits per heavy atom. The number of fused-ring (bicyclic) bond motifs is 1. The molecule has 0 saturated heterocycles. The molecule has 1 aromatic carbocycles. The summed E-state index contributed by atoms with van der Waals surface area (Å²) in [5, 5.41) is 8.81. The first-order chi connectivity index (χ1) is 7.22. The van der Waals surface area contributed by atoms with Crippen LogP contribution < -0.4 is 10.7 Å². The second-order valence-electron chi connectivity index (χ2n) is 3.25. The molecule has 0 amide bonds. The number of benzene rings is 1. The van der Waals surface area contributed by atoms with Gasteiger partial charge in [0.1, 0.15) is 5.58 Å². The lowest BCUT2D eigenvalue weighted by atomic mass is 10.1. The highest BCUT2D eigenvalue weighted by Crippen LogP contribution is 2.26. The van der Waals surface area contributed by atoms with Gasteiger partial charge in [-0.3, -0.25) is 0 Å². The van der Waals surface area contributed by atoms with Gasteiger partial charge < -0.3 is 15.3 Å². The van der Waals surface area contributed by atoms with Gasteiger partial charge in [0.2, 0.25) is 0 Å². The highest BCUT2D eigenvalue weighted by atomic mass is 32.1. The molecule has 2 rings (SSSR count). The van der Waals surface area contributed by atoms with Crippen molar-refractivity contribution in [1.82, 2.24) is 0 Å². The Bertz CT molecular complexity index is 517. The van der Waals surface area contributed by atoms with E-state index in [1.165, 1.54) is 0 Å². The molecule has 0 bridgehead atoms. The van der Waals surface area contributed by atoms with Crippen molar-refractivity contribution in [3.63, 3.8) is 0 Å². The number of hydrogen-bond donors (Lipinski definition) is 2.